The minimum absolute atomic E-state index is 0.0246. The standard InChI is InChI=1S/C24H21ClN2O2/c25-21-11-5-7-13-23(21)29-16-24(28)27-14-19(17-8-2-1-3-9-17)20-15-26-22-12-6-4-10-18(20)22/h1-13,15,19,26H,14,16H2,(H,27,28). The summed E-state index contributed by atoms with van der Waals surface area (Å²) in [5.74, 6) is 0.336. The van der Waals surface area contributed by atoms with Crippen molar-refractivity contribution in [2.45, 2.75) is 5.92 Å². The molecule has 29 heavy (non-hydrogen) atoms. The number of carbonyl (C=O) groups is 1. The zero-order valence-electron chi connectivity index (χ0n) is 15.8. The number of nitrogens with one attached hydrogen (secondary N) is 2. The molecule has 3 aromatic carbocycles. The maximum absolute atomic E-state index is 12.4. The topological polar surface area (TPSA) is 54.1 Å². The van der Waals surface area contributed by atoms with Crippen molar-refractivity contribution in [3.05, 3.63) is 101 Å². The van der Waals surface area contributed by atoms with Gasteiger partial charge in [0.1, 0.15) is 5.75 Å². The highest BCUT2D eigenvalue weighted by atomic mass is 35.5. The van der Waals surface area contributed by atoms with E-state index < -0.39 is 0 Å². The molecule has 0 aliphatic rings. The maximum atomic E-state index is 12.4. The van der Waals surface area contributed by atoms with Crippen molar-refractivity contribution in [2.75, 3.05) is 13.2 Å². The fourth-order valence-corrected chi connectivity index (χ4v) is 3.64. The number of hydrogen-bond donors (Lipinski definition) is 2. The lowest BCUT2D eigenvalue weighted by molar-refractivity contribution is -0.123. The van der Waals surface area contributed by atoms with E-state index in [1.54, 1.807) is 12.1 Å². The first-order valence-electron chi connectivity index (χ1n) is 9.47. The Kier molecular flexibility index (Phi) is 5.82. The fourth-order valence-electron chi connectivity index (χ4n) is 3.45. The number of ether oxygens (including phenoxy) is 1. The highest BCUT2D eigenvalue weighted by Gasteiger charge is 2.19. The smallest absolute Gasteiger partial charge is 0.257 e. The minimum Gasteiger partial charge on any atom is -0.482 e. The van der Waals surface area contributed by atoms with Gasteiger partial charge in [-0.3, -0.25) is 4.79 Å². The predicted molar refractivity (Wildman–Crippen MR) is 117 cm³/mol. The molecule has 1 atom stereocenters. The molecule has 4 rings (SSSR count). The van der Waals surface area contributed by atoms with Gasteiger partial charge in [-0.25, -0.2) is 0 Å². The molecule has 5 heteroatoms. The average Bonchev–Trinajstić information content (AvgIpc) is 3.18. The van der Waals surface area contributed by atoms with Crippen LogP contribution in [0.1, 0.15) is 17.0 Å². The number of hydrogen-bond acceptors (Lipinski definition) is 2. The number of rotatable bonds is 7. The Hall–Kier alpha value is -3.24. The van der Waals surface area contributed by atoms with Crippen molar-refractivity contribution in [3.63, 3.8) is 0 Å². The Balaban J connectivity index is 1.49. The van der Waals surface area contributed by atoms with Crippen molar-refractivity contribution >= 4 is 28.4 Å². The third-order valence-corrected chi connectivity index (χ3v) is 5.21. The summed E-state index contributed by atoms with van der Waals surface area (Å²) in [4.78, 5) is 15.7. The van der Waals surface area contributed by atoms with Crippen molar-refractivity contribution in [3.8, 4) is 5.75 Å². The van der Waals surface area contributed by atoms with Gasteiger partial charge < -0.3 is 15.0 Å². The number of halogens is 1. The summed E-state index contributed by atoms with van der Waals surface area (Å²) in [7, 11) is 0. The van der Waals surface area contributed by atoms with Gasteiger partial charge in [-0.15, -0.1) is 0 Å². The summed E-state index contributed by atoms with van der Waals surface area (Å²) in [5.41, 5.74) is 3.38. The van der Waals surface area contributed by atoms with Crippen molar-refractivity contribution < 1.29 is 9.53 Å². The van der Waals surface area contributed by atoms with Crippen LogP contribution in [-0.4, -0.2) is 24.0 Å². The third kappa shape index (κ3) is 4.44. The van der Waals surface area contributed by atoms with Crippen LogP contribution in [0.4, 0.5) is 0 Å². The first-order chi connectivity index (χ1) is 14.2. The van der Waals surface area contributed by atoms with Crippen LogP contribution < -0.4 is 10.1 Å². The van der Waals surface area contributed by atoms with Crippen LogP contribution in [0.25, 0.3) is 10.9 Å². The molecule has 1 heterocycles. The Bertz CT molecular complexity index is 1110. The molecule has 0 fully saturated rings. The van der Waals surface area contributed by atoms with Crippen LogP contribution in [0.15, 0.2) is 85.1 Å². The largest absolute Gasteiger partial charge is 0.482 e. The summed E-state index contributed by atoms with van der Waals surface area (Å²) in [6.45, 7) is 0.385. The third-order valence-electron chi connectivity index (χ3n) is 4.90. The number of H-pyrrole nitrogens is 1. The molecular weight excluding hydrogens is 384 g/mol. The van der Waals surface area contributed by atoms with Gasteiger partial charge in [0.2, 0.25) is 0 Å². The number of amides is 1. The molecule has 4 aromatic rings. The number of benzene rings is 3. The van der Waals surface area contributed by atoms with E-state index in [1.807, 2.05) is 48.7 Å². The van der Waals surface area contributed by atoms with Crippen LogP contribution >= 0.6 is 11.6 Å². The Morgan fingerprint density at radius 2 is 1.69 bits per heavy atom. The minimum atomic E-state index is -0.189. The number of para-hydroxylation sites is 2. The van der Waals surface area contributed by atoms with Gasteiger partial charge in [0.15, 0.2) is 6.61 Å². The molecule has 0 aliphatic carbocycles. The van der Waals surface area contributed by atoms with Crippen LogP contribution in [-0.2, 0) is 4.79 Å². The SMILES string of the molecule is O=C(COc1ccccc1Cl)NCC(c1ccccc1)c1c[nH]c2ccccc12. The Morgan fingerprint density at radius 3 is 2.52 bits per heavy atom. The van der Waals surface area contributed by atoms with Crippen molar-refractivity contribution in [1.82, 2.24) is 10.3 Å². The van der Waals surface area contributed by atoms with Gasteiger partial charge in [0.05, 0.1) is 5.02 Å². The van der Waals surface area contributed by atoms with E-state index in [1.165, 1.54) is 0 Å². The second kappa shape index (κ2) is 8.84. The molecule has 1 aromatic heterocycles. The Morgan fingerprint density at radius 1 is 0.966 bits per heavy atom. The zero-order chi connectivity index (χ0) is 20.1. The Labute approximate surface area is 174 Å². The maximum Gasteiger partial charge on any atom is 0.257 e. The summed E-state index contributed by atoms with van der Waals surface area (Å²) in [6.07, 6.45) is 2.02. The van der Waals surface area contributed by atoms with Gasteiger partial charge in [0, 0.05) is 29.6 Å². The fraction of sp³-hybridized carbons (Fsp3) is 0.125. The molecule has 0 spiro atoms. The average molecular weight is 405 g/mol. The normalized spacial score (nSPS) is 11.9. The molecule has 4 nitrogen and oxygen atoms in total. The summed E-state index contributed by atoms with van der Waals surface area (Å²) in [6, 6.07) is 25.5. The molecule has 2 N–H and O–H groups in total. The number of aromatic amines is 1. The first-order valence-corrected chi connectivity index (χ1v) is 9.85. The zero-order valence-corrected chi connectivity index (χ0v) is 16.5. The lowest BCUT2D eigenvalue weighted by Gasteiger charge is -2.18. The lowest BCUT2D eigenvalue weighted by Crippen LogP contribution is -2.32. The summed E-state index contributed by atoms with van der Waals surface area (Å²) in [5, 5.41) is 4.65. The van der Waals surface area contributed by atoms with Gasteiger partial charge >= 0.3 is 0 Å². The molecule has 0 radical (unpaired) electrons. The van der Waals surface area contributed by atoms with Gasteiger partial charge in [-0.1, -0.05) is 72.3 Å². The number of aromatic nitrogens is 1. The quantitative estimate of drug-likeness (QED) is 0.447. The lowest BCUT2D eigenvalue weighted by atomic mass is 9.91. The number of carbonyl (C=O) groups excluding carboxylic acids is 1. The van der Waals surface area contributed by atoms with E-state index in [9.17, 15) is 4.79 Å². The molecule has 1 amide bonds. The molecule has 0 saturated carbocycles. The molecule has 146 valence electrons. The van der Waals surface area contributed by atoms with E-state index in [4.69, 9.17) is 16.3 Å². The van der Waals surface area contributed by atoms with Gasteiger partial charge in [0.25, 0.3) is 5.91 Å². The van der Waals surface area contributed by atoms with Crippen LogP contribution in [0.2, 0.25) is 5.02 Å². The molecular formula is C24H21ClN2O2. The van der Waals surface area contributed by atoms with Gasteiger partial charge in [-0.2, -0.15) is 0 Å². The van der Waals surface area contributed by atoms with E-state index >= 15 is 0 Å². The summed E-state index contributed by atoms with van der Waals surface area (Å²) < 4.78 is 5.55. The predicted octanol–water partition coefficient (Wildman–Crippen LogP) is 5.15. The summed E-state index contributed by atoms with van der Waals surface area (Å²) >= 11 is 6.08. The van der Waals surface area contributed by atoms with Crippen LogP contribution in [0.5, 0.6) is 5.75 Å². The van der Waals surface area contributed by atoms with E-state index in [-0.39, 0.29) is 18.4 Å². The van der Waals surface area contributed by atoms with Crippen LogP contribution in [0, 0.1) is 0 Å². The highest BCUT2D eigenvalue weighted by Crippen LogP contribution is 2.30. The van der Waals surface area contributed by atoms with E-state index in [2.05, 4.69) is 34.6 Å². The monoisotopic (exact) mass is 404 g/mol. The van der Waals surface area contributed by atoms with E-state index in [0.717, 1.165) is 22.0 Å². The molecule has 0 saturated heterocycles. The first kappa shape index (κ1) is 19.1. The van der Waals surface area contributed by atoms with Crippen LogP contribution in [0.3, 0.4) is 0 Å². The van der Waals surface area contributed by atoms with E-state index in [0.29, 0.717) is 17.3 Å². The molecule has 0 bridgehead atoms. The van der Waals surface area contributed by atoms with Gasteiger partial charge in [-0.05, 0) is 29.3 Å². The molecule has 0 aliphatic heterocycles. The second-order valence-electron chi connectivity index (χ2n) is 6.78. The number of fused-ring (bicyclic) bond motifs is 1. The highest BCUT2D eigenvalue weighted by molar-refractivity contribution is 6.32. The van der Waals surface area contributed by atoms with Crippen molar-refractivity contribution in [1.29, 1.82) is 0 Å². The van der Waals surface area contributed by atoms with Crippen molar-refractivity contribution in [2.24, 2.45) is 0 Å². The molecule has 1 unspecified atom stereocenters. The second-order valence-corrected chi connectivity index (χ2v) is 7.18.